The molecule has 1 unspecified atom stereocenters. The van der Waals surface area contributed by atoms with Crippen LogP contribution in [0, 0.1) is 11.8 Å². The molecule has 0 rings (SSSR count). The van der Waals surface area contributed by atoms with Crippen LogP contribution in [0.3, 0.4) is 0 Å². The van der Waals surface area contributed by atoms with E-state index in [-0.39, 0.29) is 0 Å². The Kier molecular flexibility index (Phi) is 7.87. The molecule has 13 heavy (non-hydrogen) atoms. The molecule has 0 radical (unpaired) electrons. The van der Waals surface area contributed by atoms with Crippen LogP contribution in [0.5, 0.6) is 0 Å². The van der Waals surface area contributed by atoms with E-state index in [1.54, 1.807) is 0 Å². The Hall–Kier alpha value is 0.310. The zero-order valence-electron chi connectivity index (χ0n) is 9.76. The van der Waals surface area contributed by atoms with Crippen LogP contribution in [0.15, 0.2) is 0 Å². The normalized spacial score (nSPS) is 14.1. The average Bonchev–Trinajstić information content (AvgIpc) is 2.00. The van der Waals surface area contributed by atoms with Crippen LogP contribution in [-0.2, 0) is 0 Å². The molecule has 1 nitrogen and oxygen atoms in total. The van der Waals surface area contributed by atoms with Gasteiger partial charge >= 0.3 is 0 Å². The Labute approximate surface area is 88.1 Å². The number of nitrogens with one attached hydrogen (secondary N) is 1. The Morgan fingerprint density at radius 2 is 1.62 bits per heavy atom. The molecular weight excluding hydrogens is 178 g/mol. The molecule has 1 atom stereocenters. The van der Waals surface area contributed by atoms with Crippen LogP contribution in [0.4, 0.5) is 0 Å². The zero-order valence-corrected chi connectivity index (χ0v) is 10.6. The molecule has 0 aliphatic carbocycles. The Morgan fingerprint density at radius 1 is 1.00 bits per heavy atom. The van der Waals surface area contributed by atoms with Crippen LogP contribution < -0.4 is 5.32 Å². The van der Waals surface area contributed by atoms with Gasteiger partial charge in [0.2, 0.25) is 0 Å². The lowest BCUT2D eigenvalue weighted by molar-refractivity contribution is 0.510. The van der Waals surface area contributed by atoms with Crippen LogP contribution in [0.25, 0.3) is 0 Å². The lowest BCUT2D eigenvalue weighted by atomic mass is 10.2. The molecule has 0 aliphatic rings. The van der Waals surface area contributed by atoms with E-state index in [9.17, 15) is 0 Å². The summed E-state index contributed by atoms with van der Waals surface area (Å²) in [5, 5.41) is 3.47. The molecule has 0 aromatic carbocycles. The molecule has 0 saturated heterocycles. The summed E-state index contributed by atoms with van der Waals surface area (Å²) < 4.78 is 0. The molecule has 0 amide bonds. The van der Waals surface area contributed by atoms with E-state index < -0.39 is 0 Å². The maximum absolute atomic E-state index is 3.47. The number of thioether (sulfide) groups is 1. The third-order valence-electron chi connectivity index (χ3n) is 1.73. The monoisotopic (exact) mass is 203 g/mol. The maximum Gasteiger partial charge on any atom is 0.00104 e. The second-order valence-corrected chi connectivity index (χ2v) is 5.67. The van der Waals surface area contributed by atoms with E-state index >= 15 is 0 Å². The minimum atomic E-state index is 0.623. The first-order chi connectivity index (χ1) is 6.02. The van der Waals surface area contributed by atoms with Gasteiger partial charge in [0, 0.05) is 6.04 Å². The summed E-state index contributed by atoms with van der Waals surface area (Å²) in [4.78, 5) is 0. The predicted molar refractivity (Wildman–Crippen MR) is 64.5 cm³/mol. The molecule has 0 aromatic heterocycles. The molecule has 0 saturated carbocycles. The van der Waals surface area contributed by atoms with Crippen molar-refractivity contribution < 1.29 is 0 Å². The fourth-order valence-corrected chi connectivity index (χ4v) is 2.13. The molecule has 0 aliphatic heterocycles. The van der Waals surface area contributed by atoms with Crippen molar-refractivity contribution in [3.63, 3.8) is 0 Å². The van der Waals surface area contributed by atoms with Crippen molar-refractivity contribution in [3.8, 4) is 0 Å². The molecule has 0 aromatic rings. The smallest absolute Gasteiger partial charge is 0.00104 e. The molecule has 1 N–H and O–H groups in total. The van der Waals surface area contributed by atoms with Crippen LogP contribution >= 0.6 is 11.8 Å². The van der Waals surface area contributed by atoms with Gasteiger partial charge in [-0.05, 0) is 29.9 Å². The predicted octanol–water partition coefficient (Wildman–Crippen LogP) is 3.01. The topological polar surface area (TPSA) is 12.0 Å². The zero-order chi connectivity index (χ0) is 10.3. The summed E-state index contributed by atoms with van der Waals surface area (Å²) >= 11 is 2.08. The van der Waals surface area contributed by atoms with Gasteiger partial charge in [0.05, 0.1) is 0 Å². The van der Waals surface area contributed by atoms with E-state index in [1.165, 1.54) is 11.5 Å². The van der Waals surface area contributed by atoms with Gasteiger partial charge in [0.15, 0.2) is 0 Å². The Morgan fingerprint density at radius 3 is 2.08 bits per heavy atom. The highest BCUT2D eigenvalue weighted by Gasteiger charge is 2.03. The van der Waals surface area contributed by atoms with E-state index in [0.717, 1.165) is 18.4 Å². The molecule has 2 heteroatoms. The van der Waals surface area contributed by atoms with Gasteiger partial charge in [-0.3, -0.25) is 0 Å². The standard InChI is InChI=1S/C11H25NS/c1-9(2)7-13-8-11(5)6-12-10(3)4/h9-12H,6-8H2,1-5H3. The highest BCUT2D eigenvalue weighted by Crippen LogP contribution is 2.11. The first kappa shape index (κ1) is 13.3. The molecular formula is C11H25NS. The minimum Gasteiger partial charge on any atom is -0.314 e. The summed E-state index contributed by atoms with van der Waals surface area (Å²) in [6.45, 7) is 12.4. The lowest BCUT2D eigenvalue weighted by Crippen LogP contribution is -2.28. The summed E-state index contributed by atoms with van der Waals surface area (Å²) in [6, 6.07) is 0.623. The van der Waals surface area contributed by atoms with E-state index in [4.69, 9.17) is 0 Å². The average molecular weight is 203 g/mol. The highest BCUT2D eigenvalue weighted by molar-refractivity contribution is 7.99. The minimum absolute atomic E-state index is 0.623. The largest absolute Gasteiger partial charge is 0.314 e. The number of hydrogen-bond acceptors (Lipinski definition) is 2. The summed E-state index contributed by atoms with van der Waals surface area (Å²) in [7, 11) is 0. The van der Waals surface area contributed by atoms with Gasteiger partial charge in [0.25, 0.3) is 0 Å². The van der Waals surface area contributed by atoms with E-state index in [0.29, 0.717) is 6.04 Å². The first-order valence-corrected chi connectivity index (χ1v) is 6.49. The van der Waals surface area contributed by atoms with Gasteiger partial charge < -0.3 is 5.32 Å². The third kappa shape index (κ3) is 10.2. The fraction of sp³-hybridized carbons (Fsp3) is 1.00. The van der Waals surface area contributed by atoms with Gasteiger partial charge in [-0.15, -0.1) is 0 Å². The van der Waals surface area contributed by atoms with Crippen molar-refractivity contribution in [2.24, 2.45) is 11.8 Å². The van der Waals surface area contributed by atoms with Crippen molar-refractivity contribution in [1.82, 2.24) is 5.32 Å². The lowest BCUT2D eigenvalue weighted by Gasteiger charge is -2.14. The van der Waals surface area contributed by atoms with Crippen LogP contribution in [0.2, 0.25) is 0 Å². The summed E-state index contributed by atoms with van der Waals surface area (Å²) in [5.74, 6) is 4.21. The van der Waals surface area contributed by atoms with Crippen molar-refractivity contribution in [2.75, 3.05) is 18.1 Å². The van der Waals surface area contributed by atoms with E-state index in [2.05, 4.69) is 51.7 Å². The number of rotatable bonds is 7. The SMILES string of the molecule is CC(C)CSCC(C)CNC(C)C. The van der Waals surface area contributed by atoms with E-state index in [1.807, 2.05) is 0 Å². The van der Waals surface area contributed by atoms with Crippen molar-refractivity contribution >= 4 is 11.8 Å². The van der Waals surface area contributed by atoms with Gasteiger partial charge in [0.1, 0.15) is 0 Å². The van der Waals surface area contributed by atoms with Crippen LogP contribution in [-0.4, -0.2) is 24.1 Å². The molecule has 0 heterocycles. The second-order valence-electron chi connectivity index (χ2n) is 4.60. The third-order valence-corrected chi connectivity index (χ3v) is 3.44. The maximum atomic E-state index is 3.47. The van der Waals surface area contributed by atoms with Crippen LogP contribution in [0.1, 0.15) is 34.6 Å². The Balaban J connectivity index is 3.25. The van der Waals surface area contributed by atoms with Crippen molar-refractivity contribution in [2.45, 2.75) is 40.7 Å². The summed E-state index contributed by atoms with van der Waals surface area (Å²) in [5.41, 5.74) is 0. The summed E-state index contributed by atoms with van der Waals surface area (Å²) in [6.07, 6.45) is 0. The van der Waals surface area contributed by atoms with Gasteiger partial charge in [-0.25, -0.2) is 0 Å². The molecule has 0 spiro atoms. The highest BCUT2D eigenvalue weighted by atomic mass is 32.2. The quantitative estimate of drug-likeness (QED) is 0.682. The fourth-order valence-electron chi connectivity index (χ4n) is 1.00. The number of hydrogen-bond donors (Lipinski definition) is 1. The molecule has 0 bridgehead atoms. The van der Waals surface area contributed by atoms with Gasteiger partial charge in [-0.2, -0.15) is 11.8 Å². The van der Waals surface area contributed by atoms with Crippen molar-refractivity contribution in [1.29, 1.82) is 0 Å². The molecule has 80 valence electrons. The second kappa shape index (κ2) is 7.69. The first-order valence-electron chi connectivity index (χ1n) is 5.33. The van der Waals surface area contributed by atoms with Gasteiger partial charge in [-0.1, -0.05) is 34.6 Å². The molecule has 0 fully saturated rings. The van der Waals surface area contributed by atoms with Crippen molar-refractivity contribution in [3.05, 3.63) is 0 Å². The Bertz CT molecular complexity index is 113.